The van der Waals surface area contributed by atoms with E-state index in [4.69, 9.17) is 5.73 Å². The lowest BCUT2D eigenvalue weighted by Crippen LogP contribution is -2.12. The second-order valence-corrected chi connectivity index (χ2v) is 1.28. The second-order valence-electron chi connectivity index (χ2n) is 1.28. The average Bonchev–Trinajstić information content (AvgIpc) is 1.35. The number of hydrogen-bond donors (Lipinski definition) is 1. The third-order valence-corrected chi connectivity index (χ3v) is 0.469. The van der Waals surface area contributed by atoms with Gasteiger partial charge >= 0.3 is 0 Å². The third kappa shape index (κ3) is 3.57. The molecule has 0 radical (unpaired) electrons. The molecule has 0 fully saturated rings. The van der Waals surface area contributed by atoms with Crippen LogP contribution in [0.15, 0.2) is 12.7 Å². The first-order chi connectivity index (χ1) is 2.77. The zero-order chi connectivity index (χ0) is 4.99. The highest BCUT2D eigenvalue weighted by atomic mass is 14.6. The minimum absolute atomic E-state index is 0.0301. The van der Waals surface area contributed by atoms with Gasteiger partial charge in [-0.1, -0.05) is 6.08 Å². The van der Waals surface area contributed by atoms with Gasteiger partial charge < -0.3 is 0 Å². The van der Waals surface area contributed by atoms with Crippen LogP contribution >= 0.6 is 0 Å². The summed E-state index contributed by atoms with van der Waals surface area (Å²) in [6.45, 7) is 7.02. The van der Waals surface area contributed by atoms with E-state index in [1.165, 1.54) is 0 Å². The van der Waals surface area contributed by atoms with Crippen molar-refractivity contribution in [2.45, 2.75) is 12.5 Å². The first kappa shape index (κ1) is 5.57. The van der Waals surface area contributed by atoms with Gasteiger partial charge in [-0.25, -0.2) is 0 Å². The Kier molecular flexibility index (Phi) is 2.59. The van der Waals surface area contributed by atoms with Crippen molar-refractivity contribution in [1.82, 2.24) is 0 Å². The van der Waals surface area contributed by atoms with Crippen LogP contribution in [0.3, 0.4) is 0 Å². The van der Waals surface area contributed by atoms with Gasteiger partial charge in [-0.05, 0) is 0 Å². The molecule has 34 valence electrons. The Bertz CT molecular complexity index is 39.2. The van der Waals surface area contributed by atoms with Crippen LogP contribution in [0.25, 0.3) is 0 Å². The summed E-state index contributed by atoms with van der Waals surface area (Å²) in [5.41, 5.74) is 5.22. The van der Waals surface area contributed by atoms with Crippen molar-refractivity contribution in [2.75, 3.05) is 0 Å². The summed E-state index contributed by atoms with van der Waals surface area (Å²) < 4.78 is 0. The van der Waals surface area contributed by atoms with Crippen molar-refractivity contribution in [2.24, 2.45) is 5.73 Å². The molecule has 0 aliphatic carbocycles. The number of rotatable bonds is 2. The van der Waals surface area contributed by atoms with E-state index in [1.807, 2.05) is 0 Å². The molecule has 0 aromatic carbocycles. The van der Waals surface area contributed by atoms with E-state index in [2.05, 4.69) is 13.5 Å². The van der Waals surface area contributed by atoms with E-state index in [-0.39, 0.29) is 6.04 Å². The van der Waals surface area contributed by atoms with Crippen molar-refractivity contribution in [3.05, 3.63) is 19.6 Å². The van der Waals surface area contributed by atoms with E-state index in [0.717, 1.165) is 6.42 Å². The zero-order valence-corrected chi connectivity index (χ0v) is 3.85. The maximum absolute atomic E-state index is 5.22. The lowest BCUT2D eigenvalue weighted by atomic mass is 10.3. The molecular formula is C5H10N+. The Morgan fingerprint density at radius 1 is 2.00 bits per heavy atom. The van der Waals surface area contributed by atoms with E-state index in [9.17, 15) is 0 Å². The van der Waals surface area contributed by atoms with Crippen LogP contribution in [0, 0.1) is 6.92 Å². The number of nitrogens with two attached hydrogens (primary N) is 1. The SMILES string of the molecule is C=CC[C@@H]([CH2+])N. The monoisotopic (exact) mass is 84.1 g/mol. The van der Waals surface area contributed by atoms with Crippen LogP contribution in [0.4, 0.5) is 0 Å². The Hall–Kier alpha value is -0.430. The van der Waals surface area contributed by atoms with Crippen LogP contribution in [-0.4, -0.2) is 6.04 Å². The van der Waals surface area contributed by atoms with Gasteiger partial charge in [0.15, 0.2) is 0 Å². The predicted molar refractivity (Wildman–Crippen MR) is 28.1 cm³/mol. The Balaban J connectivity index is 2.81. The molecule has 1 heteroatoms. The molecule has 0 amide bonds. The molecule has 0 aromatic heterocycles. The van der Waals surface area contributed by atoms with Gasteiger partial charge in [0.1, 0.15) is 6.04 Å². The lowest BCUT2D eigenvalue weighted by molar-refractivity contribution is 0.832. The second kappa shape index (κ2) is 2.79. The summed E-state index contributed by atoms with van der Waals surface area (Å²) in [7, 11) is 0. The van der Waals surface area contributed by atoms with Crippen molar-refractivity contribution in [3.63, 3.8) is 0 Å². The molecule has 0 bridgehead atoms. The van der Waals surface area contributed by atoms with Crippen molar-refractivity contribution >= 4 is 0 Å². The summed E-state index contributed by atoms with van der Waals surface area (Å²) >= 11 is 0. The van der Waals surface area contributed by atoms with Crippen LogP contribution < -0.4 is 5.73 Å². The van der Waals surface area contributed by atoms with Gasteiger partial charge in [-0.3, -0.25) is 5.73 Å². The number of hydrogen-bond acceptors (Lipinski definition) is 1. The molecular weight excluding hydrogens is 74.1 g/mol. The van der Waals surface area contributed by atoms with E-state index < -0.39 is 0 Å². The molecule has 0 unspecified atom stereocenters. The fourth-order valence-electron chi connectivity index (χ4n) is 0.214. The smallest absolute Gasteiger partial charge is 0.147 e. The summed E-state index contributed by atoms with van der Waals surface area (Å²) in [6.07, 6.45) is 2.57. The molecule has 0 saturated heterocycles. The van der Waals surface area contributed by atoms with E-state index in [1.54, 1.807) is 6.08 Å². The van der Waals surface area contributed by atoms with Gasteiger partial charge in [-0.2, -0.15) is 0 Å². The highest BCUT2D eigenvalue weighted by molar-refractivity contribution is 4.75. The molecule has 0 saturated carbocycles. The summed E-state index contributed by atoms with van der Waals surface area (Å²) in [6, 6.07) is 0.0301. The fraction of sp³-hybridized carbons (Fsp3) is 0.400. The van der Waals surface area contributed by atoms with E-state index in [0.29, 0.717) is 0 Å². The molecule has 0 heterocycles. The standard InChI is InChI=1S/C5H10N/c1-3-4-5(2)6/h3,5H,1-2,4,6H2/q+1/t5-/m1/s1. The van der Waals surface area contributed by atoms with Gasteiger partial charge in [0.2, 0.25) is 0 Å². The molecule has 0 rings (SSSR count). The minimum atomic E-state index is 0.0301. The molecule has 0 aliphatic heterocycles. The summed E-state index contributed by atoms with van der Waals surface area (Å²) in [5, 5.41) is 0. The lowest BCUT2D eigenvalue weighted by Gasteiger charge is -1.85. The predicted octanol–water partition coefficient (Wildman–Crippen LogP) is 0.724. The summed E-state index contributed by atoms with van der Waals surface area (Å²) in [4.78, 5) is 0. The molecule has 0 spiro atoms. The molecule has 0 aliphatic rings. The maximum atomic E-state index is 5.22. The minimum Gasteiger partial charge on any atom is -0.290 e. The van der Waals surface area contributed by atoms with Gasteiger partial charge in [0.25, 0.3) is 0 Å². The highest BCUT2D eigenvalue weighted by Gasteiger charge is 1.91. The zero-order valence-electron chi connectivity index (χ0n) is 3.85. The molecule has 6 heavy (non-hydrogen) atoms. The normalized spacial score (nSPS) is 13.5. The van der Waals surface area contributed by atoms with Crippen LogP contribution in [0.5, 0.6) is 0 Å². The molecule has 1 atom stereocenters. The topological polar surface area (TPSA) is 26.0 Å². The Morgan fingerprint density at radius 2 is 2.50 bits per heavy atom. The Morgan fingerprint density at radius 3 is 2.50 bits per heavy atom. The van der Waals surface area contributed by atoms with Gasteiger partial charge in [0.05, 0.1) is 6.92 Å². The fourth-order valence-corrected chi connectivity index (χ4v) is 0.214. The van der Waals surface area contributed by atoms with Crippen molar-refractivity contribution < 1.29 is 0 Å². The van der Waals surface area contributed by atoms with Gasteiger partial charge in [-0.15, -0.1) is 6.58 Å². The quantitative estimate of drug-likeness (QED) is 0.387. The van der Waals surface area contributed by atoms with Crippen LogP contribution in [0.1, 0.15) is 6.42 Å². The summed E-state index contributed by atoms with van der Waals surface area (Å²) in [5.74, 6) is 0. The van der Waals surface area contributed by atoms with Crippen LogP contribution in [0.2, 0.25) is 0 Å². The van der Waals surface area contributed by atoms with E-state index >= 15 is 0 Å². The highest BCUT2D eigenvalue weighted by Crippen LogP contribution is 1.81. The van der Waals surface area contributed by atoms with Crippen molar-refractivity contribution in [3.8, 4) is 0 Å². The van der Waals surface area contributed by atoms with Crippen molar-refractivity contribution in [1.29, 1.82) is 0 Å². The first-order valence-electron chi connectivity index (χ1n) is 1.97. The van der Waals surface area contributed by atoms with Crippen LogP contribution in [-0.2, 0) is 0 Å². The maximum Gasteiger partial charge on any atom is 0.147 e. The molecule has 1 nitrogen and oxygen atoms in total. The largest absolute Gasteiger partial charge is 0.290 e. The Labute approximate surface area is 38.8 Å². The third-order valence-electron chi connectivity index (χ3n) is 0.469. The first-order valence-corrected chi connectivity index (χ1v) is 1.97. The molecule has 0 aromatic rings. The average molecular weight is 84.1 g/mol. The molecule has 2 N–H and O–H groups in total. The van der Waals surface area contributed by atoms with Gasteiger partial charge in [0, 0.05) is 6.42 Å².